The van der Waals surface area contributed by atoms with E-state index in [1.807, 2.05) is 0 Å². The van der Waals surface area contributed by atoms with E-state index < -0.39 is 4.92 Å². The topological polar surface area (TPSA) is 71.3 Å². The summed E-state index contributed by atoms with van der Waals surface area (Å²) in [5, 5.41) is 13.8. The largest absolute Gasteiger partial charge is 0.368 e. The number of piperazine rings is 1. The predicted molar refractivity (Wildman–Crippen MR) is 70.5 cm³/mol. The zero-order valence-electron chi connectivity index (χ0n) is 9.04. The fraction of sp³-hybridized carbons (Fsp3) is 0.444. The Morgan fingerprint density at radius 2 is 1.94 bits per heavy atom. The minimum atomic E-state index is -0.418. The summed E-state index contributed by atoms with van der Waals surface area (Å²) in [7, 11) is 0. The molecule has 0 atom stereocenters. The third kappa shape index (κ3) is 3.99. The number of nitrogens with one attached hydrogen (secondary N) is 1. The van der Waals surface area contributed by atoms with E-state index in [4.69, 9.17) is 0 Å². The van der Waals surface area contributed by atoms with Gasteiger partial charge in [-0.05, 0) is 0 Å². The Labute approximate surface area is 111 Å². The molecular weight excluding hydrogens is 267 g/mol. The van der Waals surface area contributed by atoms with Crippen molar-refractivity contribution in [3.63, 3.8) is 0 Å². The second-order valence-electron chi connectivity index (χ2n) is 3.40. The van der Waals surface area contributed by atoms with Crippen molar-refractivity contribution in [2.45, 2.75) is 0 Å². The van der Waals surface area contributed by atoms with Crippen molar-refractivity contribution in [1.29, 1.82) is 0 Å². The first-order valence-corrected chi connectivity index (χ1v) is 4.82. The van der Waals surface area contributed by atoms with E-state index in [0.29, 0.717) is 0 Å². The van der Waals surface area contributed by atoms with Gasteiger partial charge < -0.3 is 10.2 Å². The highest BCUT2D eigenvalue weighted by Gasteiger charge is 2.14. The van der Waals surface area contributed by atoms with Crippen molar-refractivity contribution >= 4 is 36.2 Å². The van der Waals surface area contributed by atoms with Crippen molar-refractivity contribution in [3.8, 4) is 0 Å². The molecule has 1 fully saturated rings. The molecule has 0 radical (unpaired) electrons. The Bertz CT molecular complexity index is 372. The van der Waals surface area contributed by atoms with Gasteiger partial charge in [-0.3, -0.25) is 15.1 Å². The van der Waals surface area contributed by atoms with Gasteiger partial charge in [-0.1, -0.05) is 0 Å². The zero-order chi connectivity index (χ0) is 10.7. The lowest BCUT2D eigenvalue weighted by atomic mass is 10.3. The molecule has 0 unspecified atom stereocenters. The van der Waals surface area contributed by atoms with E-state index in [2.05, 4.69) is 15.2 Å². The maximum absolute atomic E-state index is 10.6. The van der Waals surface area contributed by atoms with Crippen LogP contribution in [0.15, 0.2) is 18.5 Å². The molecule has 17 heavy (non-hydrogen) atoms. The standard InChI is InChI=1S/C9H12N4O2.2ClH/c14-13(15)9-5-8(6-11-7-9)12-3-1-10-2-4-12;;/h5-7,10H,1-4H2;2*1H. The van der Waals surface area contributed by atoms with Gasteiger partial charge in [0.05, 0.1) is 16.8 Å². The van der Waals surface area contributed by atoms with Crippen molar-refractivity contribution < 1.29 is 4.92 Å². The predicted octanol–water partition coefficient (Wildman–Crippen LogP) is 1.24. The lowest BCUT2D eigenvalue weighted by molar-refractivity contribution is -0.385. The van der Waals surface area contributed by atoms with Crippen LogP contribution in [0.1, 0.15) is 0 Å². The van der Waals surface area contributed by atoms with Crippen LogP contribution in [0.25, 0.3) is 0 Å². The van der Waals surface area contributed by atoms with E-state index in [1.54, 1.807) is 12.3 Å². The number of halogens is 2. The molecule has 8 heteroatoms. The smallest absolute Gasteiger partial charge is 0.289 e. The van der Waals surface area contributed by atoms with E-state index in [9.17, 15) is 10.1 Å². The summed E-state index contributed by atoms with van der Waals surface area (Å²) < 4.78 is 0. The molecule has 0 amide bonds. The first-order valence-electron chi connectivity index (χ1n) is 4.82. The fourth-order valence-electron chi connectivity index (χ4n) is 1.61. The average molecular weight is 281 g/mol. The van der Waals surface area contributed by atoms with Gasteiger partial charge in [-0.15, -0.1) is 24.8 Å². The van der Waals surface area contributed by atoms with Crippen LogP contribution in [0.3, 0.4) is 0 Å². The maximum Gasteiger partial charge on any atom is 0.289 e. The summed E-state index contributed by atoms with van der Waals surface area (Å²) in [6.07, 6.45) is 2.93. The Morgan fingerprint density at radius 1 is 1.29 bits per heavy atom. The minimum Gasteiger partial charge on any atom is -0.368 e. The van der Waals surface area contributed by atoms with E-state index in [0.717, 1.165) is 31.9 Å². The Kier molecular flexibility index (Phi) is 6.79. The number of pyridine rings is 1. The monoisotopic (exact) mass is 280 g/mol. The fourth-order valence-corrected chi connectivity index (χ4v) is 1.61. The number of hydrogen-bond donors (Lipinski definition) is 1. The number of anilines is 1. The number of rotatable bonds is 2. The van der Waals surface area contributed by atoms with Crippen molar-refractivity contribution in [1.82, 2.24) is 10.3 Å². The van der Waals surface area contributed by atoms with Crippen LogP contribution < -0.4 is 10.2 Å². The average Bonchev–Trinajstić information content (AvgIpc) is 2.30. The summed E-state index contributed by atoms with van der Waals surface area (Å²) in [4.78, 5) is 16.1. The van der Waals surface area contributed by atoms with Crippen LogP contribution in [0.2, 0.25) is 0 Å². The molecule has 0 saturated carbocycles. The summed E-state index contributed by atoms with van der Waals surface area (Å²) in [6, 6.07) is 1.57. The molecule has 1 aromatic rings. The van der Waals surface area contributed by atoms with Crippen LogP contribution >= 0.6 is 24.8 Å². The van der Waals surface area contributed by atoms with Crippen LogP contribution in [0, 0.1) is 10.1 Å². The minimum absolute atomic E-state index is 0. The molecular formula is C9H14Cl2N4O2. The first-order chi connectivity index (χ1) is 7.27. The van der Waals surface area contributed by atoms with Gasteiger partial charge in [-0.2, -0.15) is 0 Å². The van der Waals surface area contributed by atoms with E-state index in [-0.39, 0.29) is 30.5 Å². The molecule has 0 bridgehead atoms. The van der Waals surface area contributed by atoms with E-state index >= 15 is 0 Å². The molecule has 0 aromatic carbocycles. The van der Waals surface area contributed by atoms with E-state index in [1.165, 1.54) is 6.20 Å². The summed E-state index contributed by atoms with van der Waals surface area (Å²) >= 11 is 0. The molecule has 0 aliphatic carbocycles. The maximum atomic E-state index is 10.6. The van der Waals surface area contributed by atoms with Gasteiger partial charge >= 0.3 is 0 Å². The first kappa shape index (κ1) is 15.9. The van der Waals surface area contributed by atoms with Crippen LogP contribution in [0.4, 0.5) is 11.4 Å². The van der Waals surface area contributed by atoms with Gasteiger partial charge in [0.25, 0.3) is 5.69 Å². The zero-order valence-corrected chi connectivity index (χ0v) is 10.7. The molecule has 1 aliphatic heterocycles. The number of nitrogens with zero attached hydrogens (tertiary/aromatic N) is 3. The molecule has 0 spiro atoms. The van der Waals surface area contributed by atoms with Crippen molar-refractivity contribution in [3.05, 3.63) is 28.6 Å². The highest BCUT2D eigenvalue weighted by molar-refractivity contribution is 5.85. The van der Waals surface area contributed by atoms with Crippen molar-refractivity contribution in [2.75, 3.05) is 31.1 Å². The summed E-state index contributed by atoms with van der Waals surface area (Å²) in [5.74, 6) is 0. The van der Waals surface area contributed by atoms with Crippen molar-refractivity contribution in [2.24, 2.45) is 0 Å². The molecule has 1 aromatic heterocycles. The van der Waals surface area contributed by atoms with Gasteiger partial charge in [0, 0.05) is 32.2 Å². The van der Waals surface area contributed by atoms with Crippen LogP contribution in [-0.2, 0) is 0 Å². The van der Waals surface area contributed by atoms with Gasteiger partial charge in [-0.25, -0.2) is 0 Å². The normalized spacial score (nSPS) is 14.5. The number of hydrogen-bond acceptors (Lipinski definition) is 5. The van der Waals surface area contributed by atoms with Gasteiger partial charge in [0.1, 0.15) is 6.20 Å². The summed E-state index contributed by atoms with van der Waals surface area (Å²) in [6.45, 7) is 3.54. The SMILES string of the molecule is Cl.Cl.O=[N+]([O-])c1cncc(N2CCNCC2)c1. The molecule has 2 rings (SSSR count). The van der Waals surface area contributed by atoms with Gasteiger partial charge in [0.15, 0.2) is 0 Å². The highest BCUT2D eigenvalue weighted by Crippen LogP contribution is 2.19. The molecule has 1 aliphatic rings. The Hall–Kier alpha value is -1.11. The second kappa shape index (κ2) is 7.26. The van der Waals surface area contributed by atoms with Gasteiger partial charge in [0.2, 0.25) is 0 Å². The lowest BCUT2D eigenvalue weighted by Crippen LogP contribution is -2.43. The number of aromatic nitrogens is 1. The molecule has 1 saturated heterocycles. The number of nitro groups is 1. The molecule has 2 heterocycles. The molecule has 96 valence electrons. The third-order valence-electron chi connectivity index (χ3n) is 2.40. The Morgan fingerprint density at radius 3 is 2.53 bits per heavy atom. The molecule has 6 nitrogen and oxygen atoms in total. The van der Waals surface area contributed by atoms with Crippen LogP contribution in [0.5, 0.6) is 0 Å². The molecule has 1 N–H and O–H groups in total. The quantitative estimate of drug-likeness (QED) is 0.652. The Balaban J connectivity index is 0.00000128. The highest BCUT2D eigenvalue weighted by atomic mass is 35.5. The summed E-state index contributed by atoms with van der Waals surface area (Å²) in [5.41, 5.74) is 0.872. The van der Waals surface area contributed by atoms with Crippen LogP contribution in [-0.4, -0.2) is 36.1 Å². The lowest BCUT2D eigenvalue weighted by Gasteiger charge is -2.28. The third-order valence-corrected chi connectivity index (χ3v) is 2.40. The second-order valence-corrected chi connectivity index (χ2v) is 3.40.